The van der Waals surface area contributed by atoms with E-state index in [0.29, 0.717) is 6.54 Å². The third kappa shape index (κ3) is 4.10. The molecule has 0 radical (unpaired) electrons. The zero-order chi connectivity index (χ0) is 18.0. The number of aryl methyl sites for hydroxylation is 4. The number of hydrogen-bond donors (Lipinski definition) is 0. The number of rotatable bonds is 4. The van der Waals surface area contributed by atoms with Gasteiger partial charge in [0.25, 0.3) is 0 Å². The number of benzene rings is 2. The molecule has 3 nitrogen and oxygen atoms in total. The summed E-state index contributed by atoms with van der Waals surface area (Å²) in [6.45, 7) is 12.7. The van der Waals surface area contributed by atoms with Crippen molar-refractivity contribution in [3.8, 4) is 0 Å². The van der Waals surface area contributed by atoms with Gasteiger partial charge in [0.05, 0.1) is 6.54 Å². The van der Waals surface area contributed by atoms with Gasteiger partial charge in [0.2, 0.25) is 0 Å². The van der Waals surface area contributed by atoms with Gasteiger partial charge in [-0.1, -0.05) is 35.9 Å². The summed E-state index contributed by atoms with van der Waals surface area (Å²) in [6, 6.07) is 12.7. The lowest BCUT2D eigenvalue weighted by Crippen LogP contribution is -2.48. The van der Waals surface area contributed by atoms with Gasteiger partial charge in [-0.25, -0.2) is 0 Å². The number of piperazine rings is 1. The molecule has 0 unspecified atom stereocenters. The van der Waals surface area contributed by atoms with Crippen LogP contribution in [0.4, 0.5) is 5.69 Å². The molecule has 1 saturated heterocycles. The van der Waals surface area contributed by atoms with Crippen LogP contribution in [-0.4, -0.2) is 43.4 Å². The van der Waals surface area contributed by atoms with Crippen LogP contribution in [0.25, 0.3) is 0 Å². The van der Waals surface area contributed by atoms with E-state index in [-0.39, 0.29) is 5.78 Å². The summed E-state index contributed by atoms with van der Waals surface area (Å²) in [5, 5.41) is 0. The van der Waals surface area contributed by atoms with Crippen molar-refractivity contribution in [1.29, 1.82) is 0 Å². The molecule has 0 aromatic heterocycles. The minimum atomic E-state index is 0.234. The molecule has 0 aliphatic carbocycles. The fraction of sp³-hybridized carbons (Fsp3) is 0.409. The van der Waals surface area contributed by atoms with Crippen molar-refractivity contribution in [2.75, 3.05) is 37.6 Å². The van der Waals surface area contributed by atoms with Crippen molar-refractivity contribution in [1.82, 2.24) is 4.90 Å². The molecule has 3 heteroatoms. The number of Topliss-reactive ketones (excluding diaryl/α,β-unsaturated/α-hetero) is 1. The first kappa shape index (κ1) is 17.7. The first-order valence-electron chi connectivity index (χ1n) is 9.09. The first-order chi connectivity index (χ1) is 11.9. The second-order valence-corrected chi connectivity index (χ2v) is 7.29. The lowest BCUT2D eigenvalue weighted by atomic mass is 10.0. The number of nitrogens with zero attached hydrogens (tertiary/aromatic N) is 2. The largest absolute Gasteiger partial charge is 0.369 e. The number of anilines is 1. The molecule has 1 heterocycles. The van der Waals surface area contributed by atoms with E-state index < -0.39 is 0 Å². The van der Waals surface area contributed by atoms with Crippen molar-refractivity contribution >= 4 is 11.5 Å². The van der Waals surface area contributed by atoms with E-state index >= 15 is 0 Å². The Morgan fingerprint density at radius 3 is 2.16 bits per heavy atom. The molecule has 0 atom stereocenters. The fourth-order valence-electron chi connectivity index (χ4n) is 3.62. The van der Waals surface area contributed by atoms with E-state index in [2.05, 4.69) is 54.8 Å². The van der Waals surface area contributed by atoms with E-state index in [1.165, 1.54) is 22.4 Å². The predicted molar refractivity (Wildman–Crippen MR) is 105 cm³/mol. The van der Waals surface area contributed by atoms with Gasteiger partial charge in [0.1, 0.15) is 0 Å². The molecule has 0 amide bonds. The molecule has 2 aromatic rings. The Kier molecular flexibility index (Phi) is 5.24. The minimum absolute atomic E-state index is 0.234. The van der Waals surface area contributed by atoms with Crippen LogP contribution in [0.15, 0.2) is 36.4 Å². The Morgan fingerprint density at radius 1 is 0.840 bits per heavy atom. The Bertz CT molecular complexity index is 774. The smallest absolute Gasteiger partial charge is 0.177 e. The lowest BCUT2D eigenvalue weighted by Gasteiger charge is -2.36. The van der Waals surface area contributed by atoms with Gasteiger partial charge in [-0.05, 0) is 50.5 Å². The normalized spacial score (nSPS) is 15.4. The first-order valence-corrected chi connectivity index (χ1v) is 9.09. The van der Waals surface area contributed by atoms with Gasteiger partial charge in [-0.3, -0.25) is 9.69 Å². The lowest BCUT2D eigenvalue weighted by molar-refractivity contribution is 0.0926. The molecule has 2 aromatic carbocycles. The Morgan fingerprint density at radius 2 is 1.48 bits per heavy atom. The molecule has 132 valence electrons. The van der Waals surface area contributed by atoms with Crippen LogP contribution in [0.3, 0.4) is 0 Å². The van der Waals surface area contributed by atoms with Crippen molar-refractivity contribution in [2.45, 2.75) is 27.7 Å². The Hall–Kier alpha value is -2.13. The predicted octanol–water partition coefficient (Wildman–Crippen LogP) is 3.93. The van der Waals surface area contributed by atoms with E-state index in [9.17, 15) is 4.79 Å². The average molecular weight is 336 g/mol. The van der Waals surface area contributed by atoms with Crippen molar-refractivity contribution in [2.24, 2.45) is 0 Å². The third-order valence-corrected chi connectivity index (χ3v) is 5.13. The summed E-state index contributed by atoms with van der Waals surface area (Å²) in [7, 11) is 0. The van der Waals surface area contributed by atoms with Crippen molar-refractivity contribution in [3.63, 3.8) is 0 Å². The van der Waals surface area contributed by atoms with E-state index in [0.717, 1.165) is 37.3 Å². The van der Waals surface area contributed by atoms with Crippen LogP contribution in [0.1, 0.15) is 32.6 Å². The number of carbonyl (C=O) groups is 1. The Balaban J connectivity index is 1.61. The molecular weight excluding hydrogens is 308 g/mol. The highest BCUT2D eigenvalue weighted by Gasteiger charge is 2.21. The number of ketones is 1. The van der Waals surface area contributed by atoms with Crippen molar-refractivity contribution < 1.29 is 4.79 Å². The van der Waals surface area contributed by atoms with Gasteiger partial charge >= 0.3 is 0 Å². The summed E-state index contributed by atoms with van der Waals surface area (Å²) in [6.07, 6.45) is 0. The minimum Gasteiger partial charge on any atom is -0.369 e. The van der Waals surface area contributed by atoms with E-state index in [4.69, 9.17) is 0 Å². The maximum Gasteiger partial charge on any atom is 0.177 e. The summed E-state index contributed by atoms with van der Waals surface area (Å²) < 4.78 is 0. The van der Waals surface area contributed by atoms with Crippen LogP contribution < -0.4 is 4.90 Å². The van der Waals surface area contributed by atoms with E-state index in [1.807, 2.05) is 19.1 Å². The second kappa shape index (κ2) is 7.40. The molecule has 1 aliphatic heterocycles. The highest BCUT2D eigenvalue weighted by molar-refractivity contribution is 5.99. The van der Waals surface area contributed by atoms with Gasteiger partial charge < -0.3 is 4.90 Å². The number of hydrogen-bond acceptors (Lipinski definition) is 3. The van der Waals surface area contributed by atoms with Crippen LogP contribution >= 0.6 is 0 Å². The summed E-state index contributed by atoms with van der Waals surface area (Å²) in [4.78, 5) is 17.4. The molecular formula is C22H28N2O. The SMILES string of the molecule is Cc1ccc(C(=O)CN2CCN(c3cc(C)ccc3C)CC2)c(C)c1. The average Bonchev–Trinajstić information content (AvgIpc) is 2.57. The molecule has 1 aliphatic rings. The quantitative estimate of drug-likeness (QED) is 0.791. The molecule has 0 spiro atoms. The van der Waals surface area contributed by atoms with Gasteiger partial charge in [0.15, 0.2) is 5.78 Å². The van der Waals surface area contributed by atoms with Crippen LogP contribution in [-0.2, 0) is 0 Å². The summed E-state index contributed by atoms with van der Waals surface area (Å²) in [5.74, 6) is 0.234. The molecule has 0 N–H and O–H groups in total. The molecule has 1 fully saturated rings. The molecule has 25 heavy (non-hydrogen) atoms. The topological polar surface area (TPSA) is 23.6 Å². The standard InChI is InChI=1S/C22H28N2O/c1-16-6-8-20(19(4)13-16)22(25)15-23-9-11-24(12-10-23)21-14-17(2)5-7-18(21)3/h5-8,13-14H,9-12,15H2,1-4H3. The van der Waals surface area contributed by atoms with Crippen molar-refractivity contribution in [3.05, 3.63) is 64.2 Å². The number of carbonyl (C=O) groups excluding carboxylic acids is 1. The monoisotopic (exact) mass is 336 g/mol. The van der Waals surface area contributed by atoms with Crippen LogP contribution in [0, 0.1) is 27.7 Å². The zero-order valence-electron chi connectivity index (χ0n) is 15.8. The Labute approximate surface area is 151 Å². The highest BCUT2D eigenvalue weighted by atomic mass is 16.1. The van der Waals surface area contributed by atoms with Gasteiger partial charge in [-0.2, -0.15) is 0 Å². The maximum absolute atomic E-state index is 12.6. The summed E-state index contributed by atoms with van der Waals surface area (Å²) >= 11 is 0. The zero-order valence-corrected chi connectivity index (χ0v) is 15.8. The van der Waals surface area contributed by atoms with E-state index in [1.54, 1.807) is 0 Å². The second-order valence-electron chi connectivity index (χ2n) is 7.29. The highest BCUT2D eigenvalue weighted by Crippen LogP contribution is 2.23. The van der Waals surface area contributed by atoms with Gasteiger partial charge in [0, 0.05) is 37.4 Å². The fourth-order valence-corrected chi connectivity index (χ4v) is 3.62. The molecule has 3 rings (SSSR count). The van der Waals surface area contributed by atoms with Gasteiger partial charge in [-0.15, -0.1) is 0 Å². The maximum atomic E-state index is 12.6. The molecule has 0 saturated carbocycles. The van der Waals surface area contributed by atoms with Crippen LogP contribution in [0.2, 0.25) is 0 Å². The third-order valence-electron chi connectivity index (χ3n) is 5.13. The van der Waals surface area contributed by atoms with Crippen LogP contribution in [0.5, 0.6) is 0 Å². The molecule has 0 bridgehead atoms. The summed E-state index contributed by atoms with van der Waals surface area (Å²) in [5.41, 5.74) is 7.11.